The van der Waals surface area contributed by atoms with Crippen molar-refractivity contribution in [2.75, 3.05) is 11.9 Å². The zero-order chi connectivity index (χ0) is 12.4. The predicted molar refractivity (Wildman–Crippen MR) is 67.3 cm³/mol. The Morgan fingerprint density at radius 3 is 2.83 bits per heavy atom. The average Bonchev–Trinajstić information content (AvgIpc) is 2.91. The fraction of sp³-hybridized carbons (Fsp3) is 0.273. The van der Waals surface area contributed by atoms with Gasteiger partial charge in [-0.15, -0.1) is 11.3 Å². The van der Waals surface area contributed by atoms with E-state index >= 15 is 0 Å². The van der Waals surface area contributed by atoms with E-state index < -0.39 is 0 Å². The van der Waals surface area contributed by atoms with Crippen LogP contribution in [-0.2, 0) is 13.0 Å². The third-order valence-electron chi connectivity index (χ3n) is 2.75. The number of urea groups is 1. The number of fused-ring (bicyclic) bond motifs is 1. The van der Waals surface area contributed by atoms with E-state index in [1.54, 1.807) is 23.5 Å². The van der Waals surface area contributed by atoms with Crippen LogP contribution in [0.2, 0.25) is 0 Å². The second-order valence-electron chi connectivity index (χ2n) is 3.89. The Bertz CT molecular complexity index is 556. The van der Waals surface area contributed by atoms with Gasteiger partial charge in [0.1, 0.15) is 0 Å². The summed E-state index contributed by atoms with van der Waals surface area (Å²) in [5.41, 5.74) is 1.86. The van der Waals surface area contributed by atoms with Gasteiger partial charge in [-0.25, -0.2) is 9.78 Å². The van der Waals surface area contributed by atoms with Gasteiger partial charge in [-0.2, -0.15) is 0 Å². The number of rotatable bonds is 1. The van der Waals surface area contributed by atoms with Crippen molar-refractivity contribution in [1.29, 1.82) is 0 Å². The Morgan fingerprint density at radius 2 is 2.06 bits per heavy atom. The van der Waals surface area contributed by atoms with Gasteiger partial charge < -0.3 is 4.90 Å². The summed E-state index contributed by atoms with van der Waals surface area (Å²) in [6.07, 6.45) is 5.75. The van der Waals surface area contributed by atoms with Gasteiger partial charge in [0.05, 0.1) is 17.9 Å². The number of hydrogen-bond acceptors (Lipinski definition) is 5. The monoisotopic (exact) mass is 261 g/mol. The summed E-state index contributed by atoms with van der Waals surface area (Å²) in [5, 5.41) is 5.21. The number of nitrogens with zero attached hydrogens (tertiary/aromatic N) is 4. The molecule has 2 aromatic heterocycles. The van der Waals surface area contributed by atoms with Crippen molar-refractivity contribution in [1.82, 2.24) is 19.9 Å². The first kappa shape index (κ1) is 11.1. The maximum Gasteiger partial charge on any atom is 0.324 e. The van der Waals surface area contributed by atoms with Crippen molar-refractivity contribution < 1.29 is 4.79 Å². The van der Waals surface area contributed by atoms with Crippen LogP contribution in [0.5, 0.6) is 0 Å². The fourth-order valence-corrected chi connectivity index (χ4v) is 2.38. The lowest BCUT2D eigenvalue weighted by atomic mass is 10.1. The number of thiazole rings is 1. The highest BCUT2D eigenvalue weighted by Crippen LogP contribution is 2.16. The molecular formula is C11H11N5OS. The van der Waals surface area contributed by atoms with Gasteiger partial charge in [0.2, 0.25) is 0 Å². The SMILES string of the molecule is O=C(Nc1nccs1)N1CCc2nccnc2C1. The van der Waals surface area contributed by atoms with E-state index in [0.717, 1.165) is 17.8 Å². The molecule has 3 rings (SSSR count). The molecule has 0 spiro atoms. The van der Waals surface area contributed by atoms with Crippen LogP contribution < -0.4 is 5.32 Å². The minimum Gasteiger partial charge on any atom is -0.318 e. The summed E-state index contributed by atoms with van der Waals surface area (Å²) in [6, 6.07) is -0.138. The molecule has 0 bridgehead atoms. The topological polar surface area (TPSA) is 71.0 Å². The zero-order valence-corrected chi connectivity index (χ0v) is 10.4. The van der Waals surface area contributed by atoms with Crippen LogP contribution in [0.25, 0.3) is 0 Å². The summed E-state index contributed by atoms with van der Waals surface area (Å²) < 4.78 is 0. The molecule has 0 unspecified atom stereocenters. The first-order valence-corrected chi connectivity index (χ1v) is 6.45. The highest BCUT2D eigenvalue weighted by Gasteiger charge is 2.22. The molecule has 0 fully saturated rings. The third kappa shape index (κ3) is 2.17. The van der Waals surface area contributed by atoms with Crippen LogP contribution in [0.1, 0.15) is 11.4 Å². The van der Waals surface area contributed by atoms with E-state index in [1.807, 2.05) is 5.38 Å². The molecule has 1 aliphatic heterocycles. The molecule has 6 nitrogen and oxygen atoms in total. The standard InChI is InChI=1S/C11H11N5OS/c17-11(15-10-14-4-6-18-10)16-5-1-8-9(7-16)13-3-2-12-8/h2-4,6H,1,5,7H2,(H,14,15,17). The maximum absolute atomic E-state index is 12.0. The first-order chi connectivity index (χ1) is 8.83. The molecule has 0 aromatic carbocycles. The summed E-state index contributed by atoms with van der Waals surface area (Å²) in [6.45, 7) is 1.16. The van der Waals surface area contributed by atoms with Gasteiger partial charge in [-0.1, -0.05) is 0 Å². The van der Waals surface area contributed by atoms with E-state index in [1.165, 1.54) is 11.3 Å². The van der Waals surface area contributed by atoms with Crippen LogP contribution >= 0.6 is 11.3 Å². The lowest BCUT2D eigenvalue weighted by molar-refractivity contribution is 0.205. The van der Waals surface area contributed by atoms with Gasteiger partial charge in [-0.3, -0.25) is 15.3 Å². The smallest absolute Gasteiger partial charge is 0.318 e. The molecular weight excluding hydrogens is 250 g/mol. The molecule has 1 N–H and O–H groups in total. The molecule has 0 saturated carbocycles. The normalized spacial score (nSPS) is 14.1. The Kier molecular flexibility index (Phi) is 2.89. The first-order valence-electron chi connectivity index (χ1n) is 5.57. The van der Waals surface area contributed by atoms with Crippen LogP contribution in [-0.4, -0.2) is 32.4 Å². The molecule has 92 valence electrons. The number of carbonyl (C=O) groups is 1. The molecule has 7 heteroatoms. The van der Waals surface area contributed by atoms with E-state index in [0.29, 0.717) is 18.2 Å². The van der Waals surface area contributed by atoms with Crippen LogP contribution in [0.3, 0.4) is 0 Å². The van der Waals surface area contributed by atoms with Crippen LogP contribution in [0.15, 0.2) is 24.0 Å². The van der Waals surface area contributed by atoms with Crippen molar-refractivity contribution in [3.8, 4) is 0 Å². The summed E-state index contributed by atoms with van der Waals surface area (Å²) in [7, 11) is 0. The molecule has 18 heavy (non-hydrogen) atoms. The van der Waals surface area contributed by atoms with E-state index in [4.69, 9.17) is 0 Å². The summed E-state index contributed by atoms with van der Waals surface area (Å²) >= 11 is 1.40. The minimum absolute atomic E-state index is 0.138. The molecule has 2 amide bonds. The van der Waals surface area contributed by atoms with Crippen molar-refractivity contribution in [3.05, 3.63) is 35.4 Å². The number of aromatic nitrogens is 3. The average molecular weight is 261 g/mol. The summed E-state index contributed by atoms with van der Waals surface area (Å²) in [4.78, 5) is 26.3. The van der Waals surface area contributed by atoms with Gasteiger partial charge in [-0.05, 0) is 0 Å². The molecule has 3 heterocycles. The fourth-order valence-electron chi connectivity index (χ4n) is 1.87. The van der Waals surface area contributed by atoms with Crippen molar-refractivity contribution >= 4 is 22.5 Å². The van der Waals surface area contributed by atoms with Crippen molar-refractivity contribution in [3.63, 3.8) is 0 Å². The highest BCUT2D eigenvalue weighted by molar-refractivity contribution is 7.13. The highest BCUT2D eigenvalue weighted by atomic mass is 32.1. The molecule has 0 atom stereocenters. The second-order valence-corrected chi connectivity index (χ2v) is 4.78. The number of nitrogens with one attached hydrogen (secondary N) is 1. The Hall–Kier alpha value is -2.02. The van der Waals surface area contributed by atoms with Gasteiger partial charge in [0.25, 0.3) is 0 Å². The third-order valence-corrected chi connectivity index (χ3v) is 3.44. The Labute approximate surface area is 108 Å². The molecule has 0 saturated heterocycles. The Balaban J connectivity index is 1.70. The largest absolute Gasteiger partial charge is 0.324 e. The van der Waals surface area contributed by atoms with E-state index in [9.17, 15) is 4.79 Å². The van der Waals surface area contributed by atoms with Gasteiger partial charge in [0, 0.05) is 36.9 Å². The number of carbonyl (C=O) groups excluding carboxylic acids is 1. The van der Waals surface area contributed by atoms with Crippen molar-refractivity contribution in [2.24, 2.45) is 0 Å². The van der Waals surface area contributed by atoms with Gasteiger partial charge in [0.15, 0.2) is 5.13 Å². The van der Waals surface area contributed by atoms with Crippen LogP contribution in [0.4, 0.5) is 9.93 Å². The van der Waals surface area contributed by atoms with E-state index in [2.05, 4.69) is 20.3 Å². The minimum atomic E-state index is -0.138. The van der Waals surface area contributed by atoms with Gasteiger partial charge >= 0.3 is 6.03 Å². The number of hydrogen-bond donors (Lipinski definition) is 1. The lowest BCUT2D eigenvalue weighted by Gasteiger charge is -2.26. The lowest BCUT2D eigenvalue weighted by Crippen LogP contribution is -2.39. The predicted octanol–water partition coefficient (Wildman–Crippen LogP) is 1.52. The van der Waals surface area contributed by atoms with Crippen LogP contribution in [0, 0.1) is 0 Å². The molecule has 2 aromatic rings. The molecule has 0 radical (unpaired) electrons. The second kappa shape index (κ2) is 4.69. The zero-order valence-electron chi connectivity index (χ0n) is 9.54. The molecule has 1 aliphatic rings. The maximum atomic E-state index is 12.0. The number of anilines is 1. The summed E-state index contributed by atoms with van der Waals surface area (Å²) in [5.74, 6) is 0. The Morgan fingerprint density at radius 1 is 1.22 bits per heavy atom. The van der Waals surface area contributed by atoms with E-state index in [-0.39, 0.29) is 6.03 Å². The molecule has 0 aliphatic carbocycles. The number of amides is 2. The quantitative estimate of drug-likeness (QED) is 0.845. The van der Waals surface area contributed by atoms with Crippen molar-refractivity contribution in [2.45, 2.75) is 13.0 Å².